The van der Waals surface area contributed by atoms with Gasteiger partial charge in [0, 0.05) is 0 Å². The zero-order chi connectivity index (χ0) is 10.8. The third-order valence-electron chi connectivity index (χ3n) is 2.22. The molecule has 0 rings (SSSR count). The summed E-state index contributed by atoms with van der Waals surface area (Å²) in [6.07, 6.45) is 5.82. The first kappa shape index (κ1) is 13.0. The number of rotatable bonds is 7. The Labute approximate surface area is 86.6 Å². The molecule has 0 saturated heterocycles. The molecule has 2 nitrogen and oxygen atoms in total. The summed E-state index contributed by atoms with van der Waals surface area (Å²) in [5.74, 6) is 0.159. The van der Waals surface area contributed by atoms with Crippen LogP contribution in [0.3, 0.4) is 0 Å². The Morgan fingerprint density at radius 1 is 1.57 bits per heavy atom. The van der Waals surface area contributed by atoms with Crippen molar-refractivity contribution in [2.75, 3.05) is 6.61 Å². The summed E-state index contributed by atoms with van der Waals surface area (Å²) in [6, 6.07) is 0. The zero-order valence-corrected chi connectivity index (χ0v) is 9.21. The van der Waals surface area contributed by atoms with Gasteiger partial charge in [-0.05, 0) is 12.3 Å². The normalized spacial score (nSPS) is 11.6. The molecular weight excluding hydrogens is 176 g/mol. The van der Waals surface area contributed by atoms with E-state index in [1.54, 1.807) is 0 Å². The van der Waals surface area contributed by atoms with E-state index in [2.05, 4.69) is 26.2 Å². The van der Waals surface area contributed by atoms with Crippen LogP contribution in [0.5, 0.6) is 0 Å². The van der Waals surface area contributed by atoms with Crippen molar-refractivity contribution in [3.63, 3.8) is 0 Å². The lowest BCUT2D eigenvalue weighted by Crippen LogP contribution is -2.12. The molecule has 0 aromatic heterocycles. The van der Waals surface area contributed by atoms with Crippen LogP contribution in [0, 0.1) is 5.92 Å². The van der Waals surface area contributed by atoms with Crippen molar-refractivity contribution in [2.24, 2.45) is 5.92 Å². The van der Waals surface area contributed by atoms with E-state index in [4.69, 9.17) is 4.74 Å². The molecule has 0 aliphatic rings. The average molecular weight is 196 g/mol. The van der Waals surface area contributed by atoms with Crippen LogP contribution >= 0.6 is 0 Å². The van der Waals surface area contributed by atoms with E-state index in [9.17, 15) is 4.79 Å². The molecular formula is C12H20O2. The van der Waals surface area contributed by atoms with E-state index in [0.717, 1.165) is 12.8 Å². The minimum absolute atomic E-state index is 0.338. The predicted octanol–water partition coefficient (Wildman–Crippen LogP) is 3.09. The van der Waals surface area contributed by atoms with E-state index in [1.807, 2.05) is 0 Å². The summed E-state index contributed by atoms with van der Waals surface area (Å²) in [6.45, 7) is 8.13. The van der Waals surface area contributed by atoms with Crippen molar-refractivity contribution < 1.29 is 9.53 Å². The molecule has 0 aliphatic carbocycles. The Bertz CT molecular complexity index is 202. The maximum Gasteiger partial charge on any atom is 0.338 e. The van der Waals surface area contributed by atoms with E-state index in [0.29, 0.717) is 12.5 Å². The van der Waals surface area contributed by atoms with Crippen LogP contribution < -0.4 is 0 Å². The van der Waals surface area contributed by atoms with Crippen LogP contribution in [0.4, 0.5) is 0 Å². The fourth-order valence-corrected chi connectivity index (χ4v) is 1.22. The van der Waals surface area contributed by atoms with E-state index >= 15 is 0 Å². The summed E-state index contributed by atoms with van der Waals surface area (Å²) < 4.78 is 5.04. The second-order valence-corrected chi connectivity index (χ2v) is 3.40. The van der Waals surface area contributed by atoms with Crippen LogP contribution in [0.25, 0.3) is 0 Å². The first-order valence-corrected chi connectivity index (χ1v) is 5.27. The van der Waals surface area contributed by atoms with Gasteiger partial charge in [-0.3, -0.25) is 0 Å². The Balaban J connectivity index is 3.71. The van der Waals surface area contributed by atoms with Gasteiger partial charge in [0.05, 0.1) is 12.7 Å². The van der Waals surface area contributed by atoms with Gasteiger partial charge in [0.15, 0.2) is 0 Å². The minimum Gasteiger partial charge on any atom is -0.462 e. The van der Waals surface area contributed by atoms with Gasteiger partial charge in [-0.1, -0.05) is 39.7 Å². The molecule has 14 heavy (non-hydrogen) atoms. The fraction of sp³-hybridized carbons (Fsp3) is 0.667. The quantitative estimate of drug-likeness (QED) is 0.355. The highest BCUT2D eigenvalue weighted by Crippen LogP contribution is 2.12. The van der Waals surface area contributed by atoms with Crippen molar-refractivity contribution in [2.45, 2.75) is 39.5 Å². The molecule has 0 aliphatic heterocycles. The molecule has 0 aromatic rings. The fourth-order valence-electron chi connectivity index (χ4n) is 1.22. The number of carbonyl (C=O) groups is 1. The smallest absolute Gasteiger partial charge is 0.338 e. The molecule has 0 aromatic carbocycles. The summed E-state index contributed by atoms with van der Waals surface area (Å²) >= 11 is 0. The molecule has 0 saturated carbocycles. The number of ether oxygens (including phenoxy) is 1. The first-order valence-electron chi connectivity index (χ1n) is 5.27. The molecule has 1 atom stereocenters. The summed E-state index contributed by atoms with van der Waals surface area (Å²) in [5.41, 5.74) is 2.40. The number of carbonyl (C=O) groups excluding carboxylic acids is 1. The number of esters is 1. The molecule has 80 valence electrons. The standard InChI is InChI=1S/C12H20O2/c1-4-7-9-11(6-3)10-14-12(13)8-5-2/h8,11H,2,4,6-7,9-10H2,1,3H3. The lowest BCUT2D eigenvalue weighted by molar-refractivity contribution is -0.139. The van der Waals surface area contributed by atoms with Crippen LogP contribution in [0.15, 0.2) is 18.4 Å². The van der Waals surface area contributed by atoms with Gasteiger partial charge < -0.3 is 4.74 Å². The topological polar surface area (TPSA) is 26.3 Å². The minimum atomic E-state index is -0.338. The van der Waals surface area contributed by atoms with Crippen LogP contribution in [-0.4, -0.2) is 12.6 Å². The average Bonchev–Trinajstić information content (AvgIpc) is 2.19. The molecule has 1 unspecified atom stereocenters. The Morgan fingerprint density at radius 3 is 2.79 bits per heavy atom. The van der Waals surface area contributed by atoms with Gasteiger partial charge in [-0.2, -0.15) is 0 Å². The molecule has 0 N–H and O–H groups in total. The monoisotopic (exact) mass is 196 g/mol. The molecule has 2 heteroatoms. The lowest BCUT2D eigenvalue weighted by atomic mass is 10.0. The highest BCUT2D eigenvalue weighted by molar-refractivity contribution is 5.81. The highest BCUT2D eigenvalue weighted by Gasteiger charge is 2.07. The van der Waals surface area contributed by atoms with Gasteiger partial charge in [0.1, 0.15) is 0 Å². The van der Waals surface area contributed by atoms with Gasteiger partial charge in [0.25, 0.3) is 0 Å². The van der Waals surface area contributed by atoms with E-state index < -0.39 is 0 Å². The van der Waals surface area contributed by atoms with Crippen molar-refractivity contribution in [3.8, 4) is 0 Å². The van der Waals surface area contributed by atoms with Gasteiger partial charge >= 0.3 is 5.97 Å². The van der Waals surface area contributed by atoms with Crippen LogP contribution in [0.2, 0.25) is 0 Å². The van der Waals surface area contributed by atoms with Gasteiger partial charge in [-0.25, -0.2) is 4.79 Å². The van der Waals surface area contributed by atoms with Crippen molar-refractivity contribution in [1.29, 1.82) is 0 Å². The summed E-state index contributed by atoms with van der Waals surface area (Å²) in [4.78, 5) is 11.0. The molecule has 0 spiro atoms. The number of hydrogen-bond donors (Lipinski definition) is 0. The Hall–Kier alpha value is -1.01. The molecule has 0 bridgehead atoms. The van der Waals surface area contributed by atoms with Gasteiger partial charge in [0.2, 0.25) is 0 Å². The molecule has 0 fully saturated rings. The van der Waals surface area contributed by atoms with Crippen molar-refractivity contribution >= 4 is 5.97 Å². The predicted molar refractivity (Wildman–Crippen MR) is 58.0 cm³/mol. The SMILES string of the molecule is C=C=CC(=O)OCC(CC)CCCC. The molecule has 0 amide bonds. The number of unbranched alkanes of at least 4 members (excludes halogenated alkanes) is 1. The van der Waals surface area contributed by atoms with E-state index in [-0.39, 0.29) is 5.97 Å². The maximum absolute atomic E-state index is 11.0. The highest BCUT2D eigenvalue weighted by atomic mass is 16.5. The zero-order valence-electron chi connectivity index (χ0n) is 9.21. The third kappa shape index (κ3) is 6.50. The Kier molecular flexibility index (Phi) is 7.96. The summed E-state index contributed by atoms with van der Waals surface area (Å²) in [5, 5.41) is 0. The lowest BCUT2D eigenvalue weighted by Gasteiger charge is -2.13. The second-order valence-electron chi connectivity index (χ2n) is 3.40. The summed E-state index contributed by atoms with van der Waals surface area (Å²) in [7, 11) is 0. The largest absolute Gasteiger partial charge is 0.462 e. The number of hydrogen-bond acceptors (Lipinski definition) is 2. The molecule has 0 radical (unpaired) electrons. The van der Waals surface area contributed by atoms with Crippen LogP contribution in [-0.2, 0) is 9.53 Å². The van der Waals surface area contributed by atoms with E-state index in [1.165, 1.54) is 18.9 Å². The van der Waals surface area contributed by atoms with Crippen molar-refractivity contribution in [1.82, 2.24) is 0 Å². The third-order valence-corrected chi connectivity index (χ3v) is 2.22. The maximum atomic E-state index is 11.0. The van der Waals surface area contributed by atoms with Crippen molar-refractivity contribution in [3.05, 3.63) is 18.4 Å². The first-order chi connectivity index (χ1) is 6.74. The van der Waals surface area contributed by atoms with Gasteiger partial charge in [-0.15, -0.1) is 5.73 Å². The van der Waals surface area contributed by atoms with Crippen LogP contribution in [0.1, 0.15) is 39.5 Å². The molecule has 0 heterocycles. The Morgan fingerprint density at radius 2 is 2.29 bits per heavy atom. The second kappa shape index (κ2) is 8.58.